The van der Waals surface area contributed by atoms with E-state index in [0.717, 1.165) is 38.8 Å². The van der Waals surface area contributed by atoms with E-state index in [0.29, 0.717) is 18.5 Å². The van der Waals surface area contributed by atoms with Crippen LogP contribution in [0.3, 0.4) is 0 Å². The fraction of sp³-hybridized carbons (Fsp3) is 0.857. The van der Waals surface area contributed by atoms with Crippen LogP contribution >= 0.6 is 0 Å². The third-order valence-electron chi connectivity index (χ3n) is 4.31. The lowest BCUT2D eigenvalue weighted by molar-refractivity contribution is -0.123. The standard InChI is InChI=1S/C14H24N4O/c1-14(10-15,11-5-6-11)17-13(19)9-18(2)12-4-3-7-16-8-12/h11-12,16H,3-9H2,1-2H3,(H,17,19). The molecular formula is C14H24N4O. The monoisotopic (exact) mass is 264 g/mol. The van der Waals surface area contributed by atoms with Gasteiger partial charge in [-0.25, -0.2) is 0 Å². The molecule has 5 nitrogen and oxygen atoms in total. The largest absolute Gasteiger partial charge is 0.337 e. The molecule has 1 aliphatic heterocycles. The average Bonchev–Trinajstić information content (AvgIpc) is 3.24. The Kier molecular flexibility index (Phi) is 4.43. The molecule has 106 valence electrons. The quantitative estimate of drug-likeness (QED) is 0.758. The molecule has 0 aromatic carbocycles. The molecule has 5 heteroatoms. The second kappa shape index (κ2) is 5.89. The highest BCUT2D eigenvalue weighted by molar-refractivity contribution is 5.79. The van der Waals surface area contributed by atoms with Gasteiger partial charge in [0.1, 0.15) is 5.54 Å². The van der Waals surface area contributed by atoms with Crippen molar-refractivity contribution >= 4 is 5.91 Å². The molecule has 2 rings (SSSR count). The number of piperidine rings is 1. The molecule has 2 unspecified atom stereocenters. The van der Waals surface area contributed by atoms with Crippen molar-refractivity contribution in [3.63, 3.8) is 0 Å². The Morgan fingerprint density at radius 3 is 2.79 bits per heavy atom. The Labute approximate surface area is 115 Å². The summed E-state index contributed by atoms with van der Waals surface area (Å²) in [5.74, 6) is 0.298. The van der Waals surface area contributed by atoms with Crippen molar-refractivity contribution in [2.45, 2.75) is 44.2 Å². The van der Waals surface area contributed by atoms with E-state index in [1.54, 1.807) is 0 Å². The molecule has 1 aliphatic carbocycles. The maximum atomic E-state index is 12.1. The molecule has 2 fully saturated rings. The predicted molar refractivity (Wildman–Crippen MR) is 73.4 cm³/mol. The van der Waals surface area contributed by atoms with Crippen LogP contribution in [-0.2, 0) is 4.79 Å². The summed E-state index contributed by atoms with van der Waals surface area (Å²) >= 11 is 0. The van der Waals surface area contributed by atoms with Gasteiger partial charge in [-0.05, 0) is 52.1 Å². The Hall–Kier alpha value is -1.12. The topological polar surface area (TPSA) is 68.2 Å². The molecule has 1 heterocycles. The zero-order valence-corrected chi connectivity index (χ0v) is 11.9. The van der Waals surface area contributed by atoms with Gasteiger partial charge in [0.25, 0.3) is 0 Å². The van der Waals surface area contributed by atoms with Crippen molar-refractivity contribution in [3.05, 3.63) is 0 Å². The van der Waals surface area contributed by atoms with Gasteiger partial charge in [0, 0.05) is 12.6 Å². The predicted octanol–water partition coefficient (Wildman–Crippen LogP) is 0.479. The number of carbonyl (C=O) groups excluding carboxylic acids is 1. The first-order valence-corrected chi connectivity index (χ1v) is 7.18. The zero-order chi connectivity index (χ0) is 13.9. The summed E-state index contributed by atoms with van der Waals surface area (Å²) in [6.07, 6.45) is 4.39. The van der Waals surface area contributed by atoms with Crippen molar-refractivity contribution in [1.29, 1.82) is 5.26 Å². The van der Waals surface area contributed by atoms with Crippen LogP contribution in [0.2, 0.25) is 0 Å². The van der Waals surface area contributed by atoms with Crippen LogP contribution in [0.15, 0.2) is 0 Å². The van der Waals surface area contributed by atoms with Crippen molar-refractivity contribution in [1.82, 2.24) is 15.5 Å². The summed E-state index contributed by atoms with van der Waals surface area (Å²) in [6.45, 7) is 4.23. The third kappa shape index (κ3) is 3.68. The lowest BCUT2D eigenvalue weighted by Gasteiger charge is -2.32. The second-order valence-corrected chi connectivity index (χ2v) is 6.05. The summed E-state index contributed by atoms with van der Waals surface area (Å²) in [5.41, 5.74) is -0.678. The Morgan fingerprint density at radius 1 is 1.53 bits per heavy atom. The van der Waals surface area contributed by atoms with Gasteiger partial charge in [0.05, 0.1) is 12.6 Å². The van der Waals surface area contributed by atoms with Crippen LogP contribution < -0.4 is 10.6 Å². The van der Waals surface area contributed by atoms with E-state index >= 15 is 0 Å². The first-order valence-electron chi connectivity index (χ1n) is 7.18. The van der Waals surface area contributed by atoms with Gasteiger partial charge in [-0.3, -0.25) is 9.69 Å². The van der Waals surface area contributed by atoms with E-state index in [9.17, 15) is 10.1 Å². The average molecular weight is 264 g/mol. The number of nitrogens with one attached hydrogen (secondary N) is 2. The maximum Gasteiger partial charge on any atom is 0.235 e. The van der Waals surface area contributed by atoms with E-state index < -0.39 is 5.54 Å². The molecule has 2 atom stereocenters. The molecule has 1 saturated carbocycles. The van der Waals surface area contributed by atoms with E-state index in [2.05, 4.69) is 21.6 Å². The van der Waals surface area contributed by atoms with E-state index in [4.69, 9.17) is 0 Å². The normalized spacial score (nSPS) is 26.5. The molecule has 2 N–H and O–H groups in total. The molecule has 0 aromatic rings. The molecule has 0 aromatic heterocycles. The maximum absolute atomic E-state index is 12.1. The minimum absolute atomic E-state index is 0.0379. The van der Waals surface area contributed by atoms with Gasteiger partial charge in [-0.15, -0.1) is 0 Å². The summed E-state index contributed by atoms with van der Waals surface area (Å²) in [4.78, 5) is 14.2. The second-order valence-electron chi connectivity index (χ2n) is 6.05. The number of carbonyl (C=O) groups is 1. The lowest BCUT2D eigenvalue weighted by atomic mass is 9.98. The van der Waals surface area contributed by atoms with Crippen LogP contribution in [0.4, 0.5) is 0 Å². The van der Waals surface area contributed by atoms with Crippen molar-refractivity contribution in [2.24, 2.45) is 5.92 Å². The minimum Gasteiger partial charge on any atom is -0.337 e. The smallest absolute Gasteiger partial charge is 0.235 e. The van der Waals surface area contributed by atoms with Crippen LogP contribution in [0, 0.1) is 17.2 Å². The van der Waals surface area contributed by atoms with Crippen LogP contribution in [0.25, 0.3) is 0 Å². The Morgan fingerprint density at radius 2 is 2.26 bits per heavy atom. The number of likely N-dealkylation sites (N-methyl/N-ethyl adjacent to an activating group) is 1. The van der Waals surface area contributed by atoms with Crippen LogP contribution in [-0.4, -0.2) is 49.1 Å². The first-order chi connectivity index (χ1) is 9.05. The molecule has 0 bridgehead atoms. The fourth-order valence-electron chi connectivity index (χ4n) is 2.78. The number of rotatable bonds is 5. The number of nitriles is 1. The third-order valence-corrected chi connectivity index (χ3v) is 4.31. The minimum atomic E-state index is -0.678. The summed E-state index contributed by atoms with van der Waals surface area (Å²) in [6, 6.07) is 2.69. The number of nitrogens with zero attached hydrogens (tertiary/aromatic N) is 2. The number of hydrogen-bond acceptors (Lipinski definition) is 4. The highest BCUT2D eigenvalue weighted by Crippen LogP contribution is 2.39. The molecular weight excluding hydrogens is 240 g/mol. The van der Waals surface area contributed by atoms with Gasteiger partial charge in [0.15, 0.2) is 0 Å². The highest BCUT2D eigenvalue weighted by Gasteiger charge is 2.43. The molecule has 0 radical (unpaired) electrons. The summed E-state index contributed by atoms with van der Waals surface area (Å²) in [7, 11) is 1.98. The van der Waals surface area contributed by atoms with Gasteiger partial charge < -0.3 is 10.6 Å². The zero-order valence-electron chi connectivity index (χ0n) is 11.9. The van der Waals surface area contributed by atoms with E-state index in [1.807, 2.05) is 14.0 Å². The van der Waals surface area contributed by atoms with Crippen molar-refractivity contribution in [2.75, 3.05) is 26.7 Å². The highest BCUT2D eigenvalue weighted by atomic mass is 16.2. The first kappa shape index (κ1) is 14.3. The van der Waals surface area contributed by atoms with E-state index in [-0.39, 0.29) is 5.91 Å². The van der Waals surface area contributed by atoms with Gasteiger partial charge in [-0.2, -0.15) is 5.26 Å². The number of hydrogen-bond donors (Lipinski definition) is 2. The Balaban J connectivity index is 1.81. The molecule has 0 spiro atoms. The molecule has 1 saturated heterocycles. The molecule has 1 amide bonds. The van der Waals surface area contributed by atoms with Gasteiger partial charge in [-0.1, -0.05) is 0 Å². The van der Waals surface area contributed by atoms with Crippen LogP contribution in [0.1, 0.15) is 32.6 Å². The molecule has 19 heavy (non-hydrogen) atoms. The Bertz CT molecular complexity index is 368. The lowest BCUT2D eigenvalue weighted by Crippen LogP contribution is -2.52. The van der Waals surface area contributed by atoms with Crippen molar-refractivity contribution < 1.29 is 4.79 Å². The summed E-state index contributed by atoms with van der Waals surface area (Å²) in [5, 5.41) is 15.5. The van der Waals surface area contributed by atoms with E-state index in [1.165, 1.54) is 0 Å². The van der Waals surface area contributed by atoms with Crippen LogP contribution in [0.5, 0.6) is 0 Å². The van der Waals surface area contributed by atoms with Gasteiger partial charge in [0.2, 0.25) is 5.91 Å². The number of amides is 1. The fourth-order valence-corrected chi connectivity index (χ4v) is 2.78. The molecule has 2 aliphatic rings. The summed E-state index contributed by atoms with van der Waals surface area (Å²) < 4.78 is 0. The van der Waals surface area contributed by atoms with Crippen molar-refractivity contribution in [3.8, 4) is 6.07 Å². The van der Waals surface area contributed by atoms with Gasteiger partial charge >= 0.3 is 0 Å². The SMILES string of the molecule is CN(CC(=O)NC(C)(C#N)C1CC1)C1CCCNC1.